The Morgan fingerprint density at radius 3 is 1.67 bits per heavy atom. The van der Waals surface area contributed by atoms with Crippen molar-refractivity contribution in [1.82, 2.24) is 0 Å². The first kappa shape index (κ1) is 28.3. The van der Waals surface area contributed by atoms with E-state index >= 15 is 0 Å². The average molecular weight is 459 g/mol. The maximum Gasteiger partial charge on any atom is 0.226 e. The van der Waals surface area contributed by atoms with Gasteiger partial charge in [-0.1, -0.05) is 103 Å². The number of unbranched alkanes of at least 4 members (excludes halogenated alkanes) is 15. The van der Waals surface area contributed by atoms with Crippen LogP contribution in [-0.2, 0) is 13.6 Å². The van der Waals surface area contributed by atoms with Gasteiger partial charge in [-0.15, -0.1) is 0 Å². The molecule has 0 N–H and O–H groups in total. The highest BCUT2D eigenvalue weighted by atomic mass is 28.3. The van der Waals surface area contributed by atoms with Crippen molar-refractivity contribution in [2.24, 2.45) is 0 Å². The first-order valence-corrected chi connectivity index (χ1v) is 17.6. The highest BCUT2D eigenvalue weighted by Gasteiger charge is 2.36. The van der Waals surface area contributed by atoms with E-state index in [9.17, 15) is 0 Å². The molecule has 0 radical (unpaired) electrons. The van der Waals surface area contributed by atoms with Crippen LogP contribution in [0.4, 0.5) is 0 Å². The minimum Gasteiger partial charge on any atom is -0.418 e. The molecule has 0 amide bonds. The second kappa shape index (κ2) is 20.0. The molecule has 0 aromatic heterocycles. The molecule has 1 rings (SSSR count). The number of hydrogen-bond donors (Lipinski definition) is 0. The van der Waals surface area contributed by atoms with Gasteiger partial charge in [-0.3, -0.25) is 0 Å². The zero-order valence-electron chi connectivity index (χ0n) is 20.9. The molecule has 0 saturated carbocycles. The summed E-state index contributed by atoms with van der Waals surface area (Å²) in [6.07, 6.45) is 26.1. The molecule has 1 heterocycles. The van der Waals surface area contributed by atoms with Crippen LogP contribution in [0.2, 0.25) is 13.1 Å². The van der Waals surface area contributed by atoms with Gasteiger partial charge in [-0.25, -0.2) is 0 Å². The van der Waals surface area contributed by atoms with Crippen molar-refractivity contribution in [3.63, 3.8) is 0 Å². The van der Waals surface area contributed by atoms with Gasteiger partial charge in [0.05, 0.1) is 0 Å². The summed E-state index contributed by atoms with van der Waals surface area (Å²) in [5.41, 5.74) is -0.284. The standard InChI is InChI=1S/C25H54O3Si2/c1-4-5-6-7-8-9-10-11-12-13-14-15-16-17-18-20-24-27-29-25(28-30(2)3)22-19-21-23-26-25/h30H,4-24,29H2,1-3H3. The molecule has 1 aliphatic heterocycles. The quantitative estimate of drug-likeness (QED) is 0.134. The minimum atomic E-state index is -1.08. The lowest BCUT2D eigenvalue weighted by Gasteiger charge is -2.38. The predicted octanol–water partition coefficient (Wildman–Crippen LogP) is 7.20. The van der Waals surface area contributed by atoms with Crippen LogP contribution in [0.15, 0.2) is 0 Å². The third-order valence-corrected chi connectivity index (χ3v) is 9.12. The molecule has 1 fully saturated rings. The van der Waals surface area contributed by atoms with Crippen molar-refractivity contribution in [2.75, 3.05) is 13.2 Å². The Morgan fingerprint density at radius 2 is 1.23 bits per heavy atom. The number of rotatable bonds is 21. The second-order valence-corrected chi connectivity index (χ2v) is 13.8. The summed E-state index contributed by atoms with van der Waals surface area (Å²) in [6.45, 7) is 8.55. The van der Waals surface area contributed by atoms with Crippen LogP contribution in [0, 0.1) is 0 Å². The topological polar surface area (TPSA) is 27.7 Å². The van der Waals surface area contributed by atoms with Crippen LogP contribution >= 0.6 is 0 Å². The largest absolute Gasteiger partial charge is 0.418 e. The van der Waals surface area contributed by atoms with Crippen LogP contribution in [0.25, 0.3) is 0 Å². The Kier molecular flexibility index (Phi) is 18.9. The smallest absolute Gasteiger partial charge is 0.226 e. The highest BCUT2D eigenvalue weighted by molar-refractivity contribution is 6.49. The first-order chi connectivity index (χ1) is 14.7. The average Bonchev–Trinajstić information content (AvgIpc) is 2.73. The molecule has 1 atom stereocenters. The van der Waals surface area contributed by atoms with Crippen molar-refractivity contribution in [3.05, 3.63) is 0 Å². The molecule has 1 aliphatic rings. The fourth-order valence-corrected chi connectivity index (χ4v) is 8.08. The van der Waals surface area contributed by atoms with E-state index < -0.39 is 18.8 Å². The molecule has 1 unspecified atom stereocenters. The number of ether oxygens (including phenoxy) is 1. The Balaban J connectivity index is 1.82. The Morgan fingerprint density at radius 1 is 0.733 bits per heavy atom. The van der Waals surface area contributed by atoms with Gasteiger partial charge < -0.3 is 13.6 Å². The van der Waals surface area contributed by atoms with E-state index in [4.69, 9.17) is 13.6 Å². The van der Waals surface area contributed by atoms with Gasteiger partial charge in [-0.05, 0) is 38.8 Å². The van der Waals surface area contributed by atoms with E-state index in [0.717, 1.165) is 19.6 Å². The van der Waals surface area contributed by atoms with Crippen LogP contribution in [0.5, 0.6) is 0 Å². The van der Waals surface area contributed by atoms with Crippen molar-refractivity contribution < 1.29 is 13.6 Å². The molecular weight excluding hydrogens is 404 g/mol. The van der Waals surface area contributed by atoms with E-state index in [1.54, 1.807) is 0 Å². The minimum absolute atomic E-state index is 0.284. The second-order valence-electron chi connectivity index (χ2n) is 9.74. The summed E-state index contributed by atoms with van der Waals surface area (Å²) in [7, 11) is -1.84. The summed E-state index contributed by atoms with van der Waals surface area (Å²) >= 11 is 0. The van der Waals surface area contributed by atoms with Crippen LogP contribution in [-0.4, -0.2) is 37.4 Å². The highest BCUT2D eigenvalue weighted by Crippen LogP contribution is 2.26. The zero-order chi connectivity index (χ0) is 21.8. The SMILES string of the molecule is CCCCCCCCCCCCCCCCCCO[SiH2]C1(O[SiH](C)C)CCCCO1. The molecule has 0 aromatic carbocycles. The molecular formula is C25H54O3Si2. The molecule has 0 aromatic rings. The molecule has 0 spiro atoms. The maximum absolute atomic E-state index is 6.27. The van der Waals surface area contributed by atoms with E-state index in [1.807, 2.05) is 0 Å². The van der Waals surface area contributed by atoms with Crippen LogP contribution in [0.3, 0.4) is 0 Å². The van der Waals surface area contributed by atoms with Crippen molar-refractivity contribution in [3.8, 4) is 0 Å². The predicted molar refractivity (Wildman–Crippen MR) is 137 cm³/mol. The van der Waals surface area contributed by atoms with Crippen molar-refractivity contribution in [2.45, 2.75) is 147 Å². The molecule has 0 aliphatic carbocycles. The maximum atomic E-state index is 6.27. The summed E-state index contributed by atoms with van der Waals surface area (Å²) < 4.78 is 18.4. The lowest BCUT2D eigenvalue weighted by Crippen LogP contribution is -2.48. The van der Waals surface area contributed by atoms with E-state index in [-0.39, 0.29) is 5.41 Å². The van der Waals surface area contributed by atoms with Crippen LogP contribution < -0.4 is 0 Å². The van der Waals surface area contributed by atoms with Gasteiger partial charge in [0.2, 0.25) is 9.76 Å². The fourth-order valence-electron chi connectivity index (χ4n) is 4.48. The van der Waals surface area contributed by atoms with Crippen molar-refractivity contribution in [1.29, 1.82) is 0 Å². The van der Waals surface area contributed by atoms with E-state index in [1.165, 1.54) is 116 Å². The summed E-state index contributed by atoms with van der Waals surface area (Å²) in [5, 5.41) is 0. The lowest BCUT2D eigenvalue weighted by molar-refractivity contribution is -0.155. The zero-order valence-corrected chi connectivity index (χ0v) is 23.4. The summed E-state index contributed by atoms with van der Waals surface area (Å²) in [4.78, 5) is 0. The van der Waals surface area contributed by atoms with Crippen molar-refractivity contribution >= 4 is 18.8 Å². The first-order valence-electron chi connectivity index (χ1n) is 13.6. The number of hydrogen-bond acceptors (Lipinski definition) is 3. The summed E-state index contributed by atoms with van der Waals surface area (Å²) in [5.74, 6) is 0. The molecule has 30 heavy (non-hydrogen) atoms. The molecule has 3 nitrogen and oxygen atoms in total. The third-order valence-electron chi connectivity index (χ3n) is 6.23. The Hall–Kier alpha value is 0.314. The van der Waals surface area contributed by atoms with Gasteiger partial charge in [0, 0.05) is 13.2 Å². The molecule has 0 bridgehead atoms. The van der Waals surface area contributed by atoms with E-state index in [0.29, 0.717) is 0 Å². The molecule has 1 saturated heterocycles. The third kappa shape index (κ3) is 16.0. The normalized spacial score (nSPS) is 20.0. The van der Waals surface area contributed by atoms with Gasteiger partial charge >= 0.3 is 0 Å². The summed E-state index contributed by atoms with van der Waals surface area (Å²) in [6, 6.07) is 0. The van der Waals surface area contributed by atoms with Gasteiger partial charge in [-0.2, -0.15) is 0 Å². The molecule has 5 heteroatoms. The fraction of sp³-hybridized carbons (Fsp3) is 1.00. The Labute approximate surface area is 193 Å². The molecule has 180 valence electrons. The van der Waals surface area contributed by atoms with E-state index in [2.05, 4.69) is 20.0 Å². The monoisotopic (exact) mass is 458 g/mol. The lowest BCUT2D eigenvalue weighted by atomic mass is 10.0. The van der Waals surface area contributed by atoms with Gasteiger partial charge in [0.1, 0.15) is 0 Å². The van der Waals surface area contributed by atoms with Crippen LogP contribution in [0.1, 0.15) is 129 Å². The van der Waals surface area contributed by atoms with Gasteiger partial charge in [0.15, 0.2) is 14.5 Å². The Bertz CT molecular complexity index is 360. The van der Waals surface area contributed by atoms with Gasteiger partial charge in [0.25, 0.3) is 0 Å².